The van der Waals surface area contributed by atoms with Gasteiger partial charge in [0.25, 0.3) is 0 Å². The minimum atomic E-state index is -0.850. The van der Waals surface area contributed by atoms with E-state index in [1.165, 1.54) is 16.0 Å². The van der Waals surface area contributed by atoms with E-state index in [9.17, 15) is 9.90 Å². The van der Waals surface area contributed by atoms with Crippen molar-refractivity contribution < 1.29 is 9.90 Å². The molecule has 0 aliphatic heterocycles. The molecule has 19 heavy (non-hydrogen) atoms. The second-order valence-electron chi connectivity index (χ2n) is 5.43. The molecule has 0 heterocycles. The molecule has 1 aromatic rings. The van der Waals surface area contributed by atoms with E-state index in [-0.39, 0.29) is 5.91 Å². The van der Waals surface area contributed by atoms with Crippen molar-refractivity contribution in [3.8, 4) is 0 Å². The maximum atomic E-state index is 11.6. The first-order chi connectivity index (χ1) is 8.78. The van der Waals surface area contributed by atoms with Gasteiger partial charge in [0.15, 0.2) is 0 Å². The third kappa shape index (κ3) is 6.64. The van der Waals surface area contributed by atoms with Gasteiger partial charge in [0.2, 0.25) is 5.91 Å². The quantitative estimate of drug-likeness (QED) is 0.788. The number of benzene rings is 1. The molecule has 0 fully saturated rings. The Hall–Kier alpha value is -1.00. The first-order valence-corrected chi connectivity index (χ1v) is 7.45. The molecule has 0 saturated carbocycles. The number of aryl methyl sites for hydroxylation is 2. The van der Waals surface area contributed by atoms with Crippen LogP contribution in [0.4, 0.5) is 0 Å². The summed E-state index contributed by atoms with van der Waals surface area (Å²) in [4.78, 5) is 12.8. The average Bonchev–Trinajstić information content (AvgIpc) is 2.30. The second-order valence-corrected chi connectivity index (χ2v) is 6.60. The Morgan fingerprint density at radius 3 is 2.58 bits per heavy atom. The SMILES string of the molecule is Cc1ccc(SCCC(=O)NCC(C)(C)O)cc1C. The molecule has 1 rings (SSSR count). The lowest BCUT2D eigenvalue weighted by atomic mass is 10.1. The summed E-state index contributed by atoms with van der Waals surface area (Å²) in [6.45, 7) is 7.83. The second kappa shape index (κ2) is 6.96. The maximum Gasteiger partial charge on any atom is 0.220 e. The van der Waals surface area contributed by atoms with Gasteiger partial charge in [0.1, 0.15) is 0 Å². The summed E-state index contributed by atoms with van der Waals surface area (Å²) in [5.74, 6) is 0.735. The summed E-state index contributed by atoms with van der Waals surface area (Å²) in [5.41, 5.74) is 1.71. The lowest BCUT2D eigenvalue weighted by Gasteiger charge is -2.17. The van der Waals surface area contributed by atoms with E-state index in [0.717, 1.165) is 5.75 Å². The van der Waals surface area contributed by atoms with Crippen molar-refractivity contribution in [2.24, 2.45) is 0 Å². The monoisotopic (exact) mass is 281 g/mol. The zero-order valence-electron chi connectivity index (χ0n) is 12.1. The van der Waals surface area contributed by atoms with Crippen molar-refractivity contribution in [2.75, 3.05) is 12.3 Å². The summed E-state index contributed by atoms with van der Waals surface area (Å²) < 4.78 is 0. The Kier molecular flexibility index (Phi) is 5.88. The fourth-order valence-electron chi connectivity index (χ4n) is 1.47. The highest BCUT2D eigenvalue weighted by atomic mass is 32.2. The zero-order chi connectivity index (χ0) is 14.5. The van der Waals surface area contributed by atoms with Gasteiger partial charge in [-0.15, -0.1) is 11.8 Å². The van der Waals surface area contributed by atoms with Gasteiger partial charge in [-0.1, -0.05) is 6.07 Å². The van der Waals surface area contributed by atoms with Crippen LogP contribution < -0.4 is 5.32 Å². The van der Waals surface area contributed by atoms with Gasteiger partial charge >= 0.3 is 0 Å². The summed E-state index contributed by atoms with van der Waals surface area (Å²) >= 11 is 1.68. The maximum absolute atomic E-state index is 11.6. The first kappa shape index (κ1) is 16.1. The van der Waals surface area contributed by atoms with Crippen LogP contribution in [-0.2, 0) is 4.79 Å². The summed E-state index contributed by atoms with van der Waals surface area (Å²) in [5, 5.41) is 12.2. The van der Waals surface area contributed by atoms with Crippen LogP contribution in [0.1, 0.15) is 31.4 Å². The molecule has 1 aromatic carbocycles. The molecular formula is C15H23NO2S. The zero-order valence-corrected chi connectivity index (χ0v) is 12.9. The van der Waals surface area contributed by atoms with Crippen LogP contribution in [0.15, 0.2) is 23.1 Å². The molecule has 2 N–H and O–H groups in total. The molecule has 0 saturated heterocycles. The smallest absolute Gasteiger partial charge is 0.220 e. The number of hydrogen-bond donors (Lipinski definition) is 2. The topological polar surface area (TPSA) is 49.3 Å². The fourth-order valence-corrected chi connectivity index (χ4v) is 2.42. The Morgan fingerprint density at radius 2 is 2.00 bits per heavy atom. The van der Waals surface area contributed by atoms with Crippen LogP contribution in [0, 0.1) is 13.8 Å². The Balaban J connectivity index is 2.30. The molecule has 0 unspecified atom stereocenters. The van der Waals surface area contributed by atoms with Crippen LogP contribution >= 0.6 is 11.8 Å². The molecule has 3 nitrogen and oxygen atoms in total. The lowest BCUT2D eigenvalue weighted by Crippen LogP contribution is -2.38. The summed E-state index contributed by atoms with van der Waals surface area (Å²) in [7, 11) is 0. The van der Waals surface area contributed by atoms with Crippen LogP contribution in [0.5, 0.6) is 0 Å². The minimum absolute atomic E-state index is 0.0153. The predicted octanol–water partition coefficient (Wildman–Crippen LogP) is 2.67. The van der Waals surface area contributed by atoms with E-state index < -0.39 is 5.60 Å². The van der Waals surface area contributed by atoms with Crippen molar-refractivity contribution in [2.45, 2.75) is 44.6 Å². The van der Waals surface area contributed by atoms with Gasteiger partial charge in [-0.25, -0.2) is 0 Å². The molecule has 1 amide bonds. The van der Waals surface area contributed by atoms with E-state index in [1.54, 1.807) is 25.6 Å². The van der Waals surface area contributed by atoms with Gasteiger partial charge in [-0.2, -0.15) is 0 Å². The Labute approximate surface area is 119 Å². The predicted molar refractivity (Wildman–Crippen MR) is 80.6 cm³/mol. The summed E-state index contributed by atoms with van der Waals surface area (Å²) in [6, 6.07) is 6.34. The highest BCUT2D eigenvalue weighted by Gasteiger charge is 2.13. The molecule has 0 spiro atoms. The van der Waals surface area contributed by atoms with Crippen LogP contribution in [-0.4, -0.2) is 28.9 Å². The number of rotatable bonds is 6. The van der Waals surface area contributed by atoms with Gasteiger partial charge in [-0.05, 0) is 51.0 Å². The molecule has 0 aliphatic carbocycles. The summed E-state index contributed by atoms with van der Waals surface area (Å²) in [6.07, 6.45) is 0.466. The van der Waals surface area contributed by atoms with Crippen LogP contribution in [0.3, 0.4) is 0 Å². The number of hydrogen-bond acceptors (Lipinski definition) is 3. The van der Waals surface area contributed by atoms with Crippen LogP contribution in [0.2, 0.25) is 0 Å². The Bertz CT molecular complexity index is 438. The van der Waals surface area contributed by atoms with E-state index >= 15 is 0 Å². The first-order valence-electron chi connectivity index (χ1n) is 6.47. The van der Waals surface area contributed by atoms with Gasteiger partial charge in [0.05, 0.1) is 5.60 Å². The van der Waals surface area contributed by atoms with Gasteiger partial charge < -0.3 is 10.4 Å². The van der Waals surface area contributed by atoms with E-state index in [1.807, 2.05) is 0 Å². The van der Waals surface area contributed by atoms with Crippen molar-refractivity contribution in [1.82, 2.24) is 5.32 Å². The molecule has 0 aliphatic rings. The fraction of sp³-hybridized carbons (Fsp3) is 0.533. The number of thioether (sulfide) groups is 1. The molecular weight excluding hydrogens is 258 g/mol. The van der Waals surface area contributed by atoms with Crippen molar-refractivity contribution in [3.05, 3.63) is 29.3 Å². The lowest BCUT2D eigenvalue weighted by molar-refractivity contribution is -0.121. The molecule has 106 valence electrons. The van der Waals surface area contributed by atoms with E-state index in [4.69, 9.17) is 0 Å². The van der Waals surface area contributed by atoms with Crippen LogP contribution in [0.25, 0.3) is 0 Å². The number of nitrogens with one attached hydrogen (secondary N) is 1. The van der Waals surface area contributed by atoms with E-state index in [2.05, 4.69) is 37.4 Å². The molecule has 0 aromatic heterocycles. The molecule has 4 heteroatoms. The standard InChI is InChI=1S/C15H23NO2S/c1-11-5-6-13(9-12(11)2)19-8-7-14(17)16-10-15(3,4)18/h5-6,9,18H,7-8,10H2,1-4H3,(H,16,17). The highest BCUT2D eigenvalue weighted by Crippen LogP contribution is 2.21. The number of amides is 1. The minimum Gasteiger partial charge on any atom is -0.389 e. The molecule has 0 radical (unpaired) electrons. The number of carbonyl (C=O) groups excluding carboxylic acids is 1. The average molecular weight is 281 g/mol. The van der Waals surface area contributed by atoms with Crippen molar-refractivity contribution >= 4 is 17.7 Å². The molecule has 0 atom stereocenters. The van der Waals surface area contributed by atoms with Gasteiger partial charge in [-0.3, -0.25) is 4.79 Å². The highest BCUT2D eigenvalue weighted by molar-refractivity contribution is 7.99. The van der Waals surface area contributed by atoms with Gasteiger partial charge in [0, 0.05) is 23.6 Å². The third-order valence-corrected chi connectivity index (χ3v) is 3.79. The third-order valence-electron chi connectivity index (χ3n) is 2.79. The normalized spacial score (nSPS) is 11.4. The van der Waals surface area contributed by atoms with Crippen molar-refractivity contribution in [3.63, 3.8) is 0 Å². The number of carbonyl (C=O) groups is 1. The number of aliphatic hydroxyl groups is 1. The molecule has 0 bridgehead atoms. The van der Waals surface area contributed by atoms with Crippen molar-refractivity contribution in [1.29, 1.82) is 0 Å². The van der Waals surface area contributed by atoms with E-state index in [0.29, 0.717) is 13.0 Å². The Morgan fingerprint density at radius 1 is 1.32 bits per heavy atom. The largest absolute Gasteiger partial charge is 0.389 e.